The van der Waals surface area contributed by atoms with Crippen molar-refractivity contribution in [2.24, 2.45) is 0 Å². The molecule has 0 unspecified atom stereocenters. The van der Waals surface area contributed by atoms with E-state index >= 15 is 0 Å². The van der Waals surface area contributed by atoms with Crippen LogP contribution in [0.2, 0.25) is 0 Å². The highest BCUT2D eigenvalue weighted by Crippen LogP contribution is 1.75. The predicted molar refractivity (Wildman–Crippen MR) is 52.9 cm³/mol. The lowest BCUT2D eigenvalue weighted by molar-refractivity contribution is -0.134. The molecule has 3 heteroatoms. The third-order valence-electron chi connectivity index (χ3n) is 1.02. The maximum atomic E-state index is 10.5. The summed E-state index contributed by atoms with van der Waals surface area (Å²) in [6.07, 6.45) is 5.56. The van der Waals surface area contributed by atoms with Crippen molar-refractivity contribution in [1.29, 1.82) is 0 Å². The Morgan fingerprint density at radius 1 is 1.36 bits per heavy atom. The van der Waals surface area contributed by atoms with Gasteiger partial charge in [0.1, 0.15) is 0 Å². The molecule has 0 aromatic heterocycles. The molecule has 0 aliphatic carbocycles. The summed E-state index contributed by atoms with van der Waals surface area (Å²) in [4.78, 5) is 10.5. The molecule has 0 aliphatic rings. The number of hydrogen-bond acceptors (Lipinski definition) is 3. The molecule has 0 saturated carbocycles. The summed E-state index contributed by atoms with van der Waals surface area (Å²) < 4.78 is 4.34. The van der Waals surface area contributed by atoms with Crippen molar-refractivity contribution in [3.63, 3.8) is 0 Å². The molecule has 0 rings (SSSR count). The van der Waals surface area contributed by atoms with Crippen molar-refractivity contribution >= 4 is 5.97 Å². The molecule has 0 amide bonds. The summed E-state index contributed by atoms with van der Waals surface area (Å²) in [5, 5.41) is 8.34. The lowest BCUT2D eigenvalue weighted by Crippen LogP contribution is -1.92. The van der Waals surface area contributed by atoms with Crippen LogP contribution in [-0.4, -0.2) is 24.8 Å². The molecule has 0 spiro atoms. The topological polar surface area (TPSA) is 46.5 Å². The number of aliphatic hydroxyl groups is 1. The zero-order chi connectivity index (χ0) is 10.6. The van der Waals surface area contributed by atoms with Gasteiger partial charge in [-0.05, 0) is 24.0 Å². The van der Waals surface area contributed by atoms with Crippen LogP contribution in [0.5, 0.6) is 0 Å². The summed E-state index contributed by atoms with van der Waals surface area (Å²) in [5.41, 5.74) is 0. The van der Waals surface area contributed by atoms with Crippen molar-refractivity contribution in [2.45, 2.75) is 0 Å². The van der Waals surface area contributed by atoms with E-state index in [4.69, 9.17) is 5.11 Å². The van der Waals surface area contributed by atoms with Crippen LogP contribution in [-0.2, 0) is 9.53 Å². The lowest BCUT2D eigenvalue weighted by atomic mass is 10.4. The molecule has 0 saturated heterocycles. The number of ether oxygens (including phenoxy) is 1. The molecule has 1 N–H and O–H groups in total. The minimum Gasteiger partial charge on any atom is -0.466 e. The van der Waals surface area contributed by atoms with Gasteiger partial charge in [-0.15, -0.1) is 0 Å². The number of allylic oxidation sites excluding steroid dienone is 2. The largest absolute Gasteiger partial charge is 0.466 e. The van der Waals surface area contributed by atoms with Crippen LogP contribution in [0.15, 0.2) is 24.3 Å². The number of rotatable bonds is 2. The van der Waals surface area contributed by atoms with Gasteiger partial charge in [-0.3, -0.25) is 0 Å². The van der Waals surface area contributed by atoms with Crippen molar-refractivity contribution in [2.75, 3.05) is 13.7 Å². The van der Waals surface area contributed by atoms with Crippen LogP contribution >= 0.6 is 0 Å². The second kappa shape index (κ2) is 9.12. The molecule has 72 valence electrons. The number of esters is 1. The fourth-order valence-electron chi connectivity index (χ4n) is 0.445. The molecule has 0 heterocycles. The Morgan fingerprint density at radius 2 is 2.00 bits per heavy atom. The highest BCUT2D eigenvalue weighted by molar-refractivity contribution is 5.82. The molecule has 0 bridgehead atoms. The van der Waals surface area contributed by atoms with Gasteiger partial charge in [0.25, 0.3) is 0 Å². The first-order valence-corrected chi connectivity index (χ1v) is 3.82. The van der Waals surface area contributed by atoms with Crippen LogP contribution in [0.25, 0.3) is 0 Å². The smallest absolute Gasteiger partial charge is 0.331 e. The molecule has 0 atom stereocenters. The molecule has 0 aliphatic heterocycles. The van der Waals surface area contributed by atoms with Crippen molar-refractivity contribution < 1.29 is 14.6 Å². The van der Waals surface area contributed by atoms with Gasteiger partial charge in [0.15, 0.2) is 0 Å². The van der Waals surface area contributed by atoms with Gasteiger partial charge in [-0.1, -0.05) is 17.9 Å². The Balaban J connectivity index is 3.93. The molecule has 3 nitrogen and oxygen atoms in total. The average molecular weight is 190 g/mol. The molecule has 14 heavy (non-hydrogen) atoms. The second-order valence-electron chi connectivity index (χ2n) is 1.98. The van der Waals surface area contributed by atoms with Gasteiger partial charge < -0.3 is 9.84 Å². The predicted octanol–water partition coefficient (Wildman–Crippen LogP) is 0.271. The Labute approximate surface area is 83.1 Å². The molecule has 0 fully saturated rings. The Kier molecular flexibility index (Phi) is 7.84. The van der Waals surface area contributed by atoms with Gasteiger partial charge in [-0.2, -0.15) is 0 Å². The van der Waals surface area contributed by atoms with Crippen molar-refractivity contribution in [3.05, 3.63) is 24.3 Å². The summed E-state index contributed by atoms with van der Waals surface area (Å²) in [5.74, 6) is 9.63. The summed E-state index contributed by atoms with van der Waals surface area (Å²) in [6, 6.07) is 0. The third kappa shape index (κ3) is 8.13. The van der Waals surface area contributed by atoms with Gasteiger partial charge in [0.2, 0.25) is 0 Å². The van der Waals surface area contributed by atoms with E-state index in [1.54, 1.807) is 0 Å². The van der Waals surface area contributed by atoms with E-state index in [9.17, 15) is 4.79 Å². The first kappa shape index (κ1) is 12.0. The van der Waals surface area contributed by atoms with Gasteiger partial charge >= 0.3 is 5.97 Å². The molecule has 0 aromatic rings. The minimum atomic E-state index is -0.451. The second-order valence-corrected chi connectivity index (χ2v) is 1.98. The quantitative estimate of drug-likeness (QED) is 0.386. The van der Waals surface area contributed by atoms with Crippen LogP contribution in [0.4, 0.5) is 0 Å². The SMILES string of the molecule is COC(=O)/C=C/C#CC#C/C=C/CO. The van der Waals surface area contributed by atoms with E-state index in [0.717, 1.165) is 0 Å². The van der Waals surface area contributed by atoms with Gasteiger partial charge in [-0.25, -0.2) is 4.79 Å². The molecular formula is C11H10O3. The Morgan fingerprint density at radius 3 is 2.57 bits per heavy atom. The average Bonchev–Trinajstić information content (AvgIpc) is 2.21. The van der Waals surface area contributed by atoms with Crippen molar-refractivity contribution in [1.82, 2.24) is 0 Å². The van der Waals surface area contributed by atoms with Crippen LogP contribution in [0.3, 0.4) is 0 Å². The highest BCUT2D eigenvalue weighted by Gasteiger charge is 1.85. The Bertz CT molecular complexity index is 342. The molecular weight excluding hydrogens is 180 g/mol. The summed E-state index contributed by atoms with van der Waals surface area (Å²) in [7, 11) is 1.29. The zero-order valence-corrected chi connectivity index (χ0v) is 7.78. The maximum absolute atomic E-state index is 10.5. The number of carbonyl (C=O) groups excluding carboxylic acids is 1. The normalized spacial score (nSPS) is 9.00. The maximum Gasteiger partial charge on any atom is 0.331 e. The van der Waals surface area contributed by atoms with E-state index in [1.165, 1.54) is 31.4 Å². The number of methoxy groups -OCH3 is 1. The first-order valence-electron chi connectivity index (χ1n) is 3.82. The van der Waals surface area contributed by atoms with Crippen LogP contribution in [0, 0.1) is 23.7 Å². The monoisotopic (exact) mass is 190 g/mol. The number of aliphatic hydroxyl groups excluding tert-OH is 1. The first-order chi connectivity index (χ1) is 6.81. The number of hydrogen-bond donors (Lipinski definition) is 1. The standard InChI is InChI=1S/C11H10O3/c1-14-11(13)9-7-5-3-2-4-6-8-10-12/h6-9,12H,10H2,1H3/b8-6+,9-7+. The van der Waals surface area contributed by atoms with E-state index in [2.05, 4.69) is 28.4 Å². The molecule has 0 aromatic carbocycles. The highest BCUT2D eigenvalue weighted by atomic mass is 16.5. The minimum absolute atomic E-state index is 0.0373. The van der Waals surface area contributed by atoms with E-state index in [-0.39, 0.29) is 6.61 Å². The Hall–Kier alpha value is -1.97. The van der Waals surface area contributed by atoms with E-state index in [1.807, 2.05) is 0 Å². The lowest BCUT2D eigenvalue weighted by Gasteiger charge is -1.84. The molecule has 0 radical (unpaired) electrons. The third-order valence-corrected chi connectivity index (χ3v) is 1.02. The van der Waals surface area contributed by atoms with Gasteiger partial charge in [0.05, 0.1) is 13.7 Å². The summed E-state index contributed by atoms with van der Waals surface area (Å²) in [6.45, 7) is -0.0373. The van der Waals surface area contributed by atoms with Gasteiger partial charge in [0, 0.05) is 6.08 Å². The fraction of sp³-hybridized carbons (Fsp3) is 0.182. The van der Waals surface area contributed by atoms with E-state index in [0.29, 0.717) is 0 Å². The van der Waals surface area contributed by atoms with Crippen LogP contribution in [0.1, 0.15) is 0 Å². The zero-order valence-electron chi connectivity index (χ0n) is 7.78. The summed E-state index contributed by atoms with van der Waals surface area (Å²) >= 11 is 0. The number of carbonyl (C=O) groups is 1. The van der Waals surface area contributed by atoms with Crippen molar-refractivity contribution in [3.8, 4) is 23.7 Å². The fourth-order valence-corrected chi connectivity index (χ4v) is 0.445. The van der Waals surface area contributed by atoms with E-state index < -0.39 is 5.97 Å². The van der Waals surface area contributed by atoms with Crippen LogP contribution < -0.4 is 0 Å².